The molecule has 3 nitrogen and oxygen atoms in total. The summed E-state index contributed by atoms with van der Waals surface area (Å²) in [4.78, 5) is 0. The zero-order chi connectivity index (χ0) is 14.0. The third-order valence-corrected chi connectivity index (χ3v) is 4.92. The first kappa shape index (κ1) is 14.0. The number of rotatable bonds is 2. The molecule has 0 saturated heterocycles. The molecule has 0 amide bonds. The van der Waals surface area contributed by atoms with E-state index in [0.29, 0.717) is 19.8 Å². The van der Waals surface area contributed by atoms with Crippen LogP contribution in [-0.4, -0.2) is 19.8 Å². The van der Waals surface area contributed by atoms with E-state index >= 15 is 0 Å². The van der Waals surface area contributed by atoms with E-state index < -0.39 is 0 Å². The molecule has 0 atom stereocenters. The van der Waals surface area contributed by atoms with E-state index in [4.69, 9.17) is 26.8 Å². The molecular formula is C16H22ClNO2. The molecule has 3 rings (SSSR count). The molecule has 1 fully saturated rings. The lowest BCUT2D eigenvalue weighted by Gasteiger charge is -2.37. The van der Waals surface area contributed by atoms with Gasteiger partial charge >= 0.3 is 0 Å². The highest BCUT2D eigenvalue weighted by molar-refractivity contribution is 6.31. The van der Waals surface area contributed by atoms with Crippen LogP contribution in [0.15, 0.2) is 12.1 Å². The molecule has 1 saturated carbocycles. The predicted octanol–water partition coefficient (Wildman–Crippen LogP) is 3.66. The molecule has 20 heavy (non-hydrogen) atoms. The van der Waals surface area contributed by atoms with Gasteiger partial charge in [-0.05, 0) is 24.5 Å². The maximum Gasteiger partial charge on any atom is 0.162 e. The van der Waals surface area contributed by atoms with Crippen molar-refractivity contribution in [1.82, 2.24) is 0 Å². The Balaban J connectivity index is 2.02. The summed E-state index contributed by atoms with van der Waals surface area (Å²) in [6.07, 6.45) is 6.88. The van der Waals surface area contributed by atoms with Gasteiger partial charge in [-0.1, -0.05) is 30.9 Å². The van der Waals surface area contributed by atoms with Crippen LogP contribution in [0.25, 0.3) is 0 Å². The molecule has 2 aliphatic rings. The van der Waals surface area contributed by atoms with E-state index in [-0.39, 0.29) is 5.41 Å². The lowest BCUT2D eigenvalue weighted by atomic mass is 9.69. The molecule has 0 unspecified atom stereocenters. The minimum Gasteiger partial charge on any atom is -0.490 e. The van der Waals surface area contributed by atoms with Crippen molar-refractivity contribution in [3.05, 3.63) is 22.7 Å². The van der Waals surface area contributed by atoms with E-state index in [9.17, 15) is 0 Å². The highest BCUT2D eigenvalue weighted by Crippen LogP contribution is 2.45. The first-order chi connectivity index (χ1) is 9.75. The molecule has 4 heteroatoms. The largest absolute Gasteiger partial charge is 0.490 e. The van der Waals surface area contributed by atoms with Crippen molar-refractivity contribution in [3.8, 4) is 11.5 Å². The fourth-order valence-corrected chi connectivity index (χ4v) is 3.76. The second-order valence-corrected chi connectivity index (χ2v) is 6.28. The summed E-state index contributed by atoms with van der Waals surface area (Å²) in [6.45, 7) is 2.03. The fraction of sp³-hybridized carbons (Fsp3) is 0.625. The van der Waals surface area contributed by atoms with Gasteiger partial charge in [-0.25, -0.2) is 0 Å². The molecule has 1 aromatic rings. The Morgan fingerprint density at radius 1 is 1.00 bits per heavy atom. The Kier molecular flexibility index (Phi) is 4.08. The third-order valence-electron chi connectivity index (χ3n) is 4.61. The Bertz CT molecular complexity index is 484. The Morgan fingerprint density at radius 2 is 1.65 bits per heavy atom. The molecule has 1 aliphatic carbocycles. The lowest BCUT2D eigenvalue weighted by molar-refractivity contribution is 0.293. The van der Waals surface area contributed by atoms with Gasteiger partial charge in [0.15, 0.2) is 11.5 Å². The predicted molar refractivity (Wildman–Crippen MR) is 80.9 cm³/mol. The summed E-state index contributed by atoms with van der Waals surface area (Å²) in [5.74, 6) is 1.58. The monoisotopic (exact) mass is 295 g/mol. The summed E-state index contributed by atoms with van der Waals surface area (Å²) in [7, 11) is 0. The van der Waals surface area contributed by atoms with E-state index in [1.807, 2.05) is 6.07 Å². The summed E-state index contributed by atoms with van der Waals surface area (Å²) in [6, 6.07) is 3.98. The van der Waals surface area contributed by atoms with Gasteiger partial charge in [-0.15, -0.1) is 0 Å². The summed E-state index contributed by atoms with van der Waals surface area (Å²) in [5.41, 5.74) is 7.27. The summed E-state index contributed by atoms with van der Waals surface area (Å²) >= 11 is 6.53. The van der Waals surface area contributed by atoms with Crippen molar-refractivity contribution >= 4 is 11.6 Å². The zero-order valence-corrected chi connectivity index (χ0v) is 12.5. The van der Waals surface area contributed by atoms with Crippen LogP contribution in [0.3, 0.4) is 0 Å². The van der Waals surface area contributed by atoms with Crippen molar-refractivity contribution in [2.75, 3.05) is 19.8 Å². The average molecular weight is 296 g/mol. The van der Waals surface area contributed by atoms with Crippen LogP contribution >= 0.6 is 11.6 Å². The molecule has 1 aromatic carbocycles. The number of hydrogen-bond acceptors (Lipinski definition) is 3. The molecule has 0 radical (unpaired) electrons. The molecule has 110 valence electrons. The van der Waals surface area contributed by atoms with Crippen LogP contribution in [0.4, 0.5) is 0 Å². The van der Waals surface area contributed by atoms with Gasteiger partial charge in [0.25, 0.3) is 0 Å². The molecule has 1 heterocycles. The highest BCUT2D eigenvalue weighted by atomic mass is 35.5. The number of benzene rings is 1. The molecule has 0 spiro atoms. The van der Waals surface area contributed by atoms with Crippen LogP contribution in [-0.2, 0) is 5.41 Å². The first-order valence-electron chi connectivity index (χ1n) is 7.55. The standard InChI is InChI=1S/C16H22ClNO2/c17-13-10-15-14(19-7-4-8-20-15)9-12(13)16(11-18)5-2-1-3-6-16/h9-10H,1-8,11,18H2. The van der Waals surface area contributed by atoms with Crippen LogP contribution in [0.1, 0.15) is 44.1 Å². The third kappa shape index (κ3) is 2.49. The topological polar surface area (TPSA) is 44.5 Å². The van der Waals surface area contributed by atoms with Crippen LogP contribution in [0.2, 0.25) is 5.02 Å². The number of ether oxygens (including phenoxy) is 2. The maximum atomic E-state index is 6.53. The fourth-order valence-electron chi connectivity index (χ4n) is 3.40. The van der Waals surface area contributed by atoms with E-state index in [1.54, 1.807) is 0 Å². The van der Waals surface area contributed by atoms with Gasteiger partial charge in [-0.3, -0.25) is 0 Å². The molecule has 0 aromatic heterocycles. The number of fused-ring (bicyclic) bond motifs is 1. The second kappa shape index (κ2) is 5.82. The van der Waals surface area contributed by atoms with Crippen molar-refractivity contribution in [2.24, 2.45) is 5.73 Å². The first-order valence-corrected chi connectivity index (χ1v) is 7.93. The van der Waals surface area contributed by atoms with E-state index in [1.165, 1.54) is 19.3 Å². The van der Waals surface area contributed by atoms with Crippen LogP contribution in [0.5, 0.6) is 11.5 Å². The molecule has 0 bridgehead atoms. The zero-order valence-electron chi connectivity index (χ0n) is 11.8. The van der Waals surface area contributed by atoms with Gasteiger partial charge in [0, 0.05) is 29.5 Å². The van der Waals surface area contributed by atoms with Gasteiger partial charge in [0.05, 0.1) is 13.2 Å². The van der Waals surface area contributed by atoms with E-state index in [0.717, 1.165) is 41.3 Å². The van der Waals surface area contributed by atoms with Crippen LogP contribution < -0.4 is 15.2 Å². The second-order valence-electron chi connectivity index (χ2n) is 5.87. The Morgan fingerprint density at radius 3 is 2.30 bits per heavy atom. The van der Waals surface area contributed by atoms with Crippen molar-refractivity contribution < 1.29 is 9.47 Å². The highest BCUT2D eigenvalue weighted by Gasteiger charge is 2.35. The number of halogens is 1. The van der Waals surface area contributed by atoms with E-state index in [2.05, 4.69) is 6.07 Å². The minimum absolute atomic E-state index is 0.0139. The number of hydrogen-bond donors (Lipinski definition) is 1. The Hall–Kier alpha value is -0.930. The van der Waals surface area contributed by atoms with Crippen molar-refractivity contribution in [2.45, 2.75) is 43.9 Å². The smallest absolute Gasteiger partial charge is 0.162 e. The van der Waals surface area contributed by atoms with Gasteiger partial charge in [-0.2, -0.15) is 0 Å². The summed E-state index contributed by atoms with van der Waals surface area (Å²) in [5, 5.41) is 0.765. The van der Waals surface area contributed by atoms with Gasteiger partial charge in [0.2, 0.25) is 0 Å². The normalized spacial score (nSPS) is 21.3. The maximum absolute atomic E-state index is 6.53. The SMILES string of the molecule is NCC1(c2cc3c(cc2Cl)OCCCO3)CCCCC1. The summed E-state index contributed by atoms with van der Waals surface area (Å²) < 4.78 is 11.5. The quantitative estimate of drug-likeness (QED) is 0.905. The van der Waals surface area contributed by atoms with Crippen molar-refractivity contribution in [3.63, 3.8) is 0 Å². The molecule has 2 N–H and O–H groups in total. The Labute approximate surface area is 125 Å². The lowest BCUT2D eigenvalue weighted by Crippen LogP contribution is -2.37. The average Bonchev–Trinajstić information content (AvgIpc) is 2.72. The van der Waals surface area contributed by atoms with Crippen LogP contribution in [0, 0.1) is 0 Å². The van der Waals surface area contributed by atoms with Crippen molar-refractivity contribution in [1.29, 1.82) is 0 Å². The molecule has 1 aliphatic heterocycles. The number of nitrogens with two attached hydrogens (primary N) is 1. The molecular weight excluding hydrogens is 274 g/mol. The minimum atomic E-state index is 0.0139. The van der Waals surface area contributed by atoms with Gasteiger partial charge in [0.1, 0.15) is 0 Å². The van der Waals surface area contributed by atoms with Gasteiger partial charge < -0.3 is 15.2 Å².